The fourth-order valence-electron chi connectivity index (χ4n) is 3.38. The molecule has 7 heteroatoms. The third-order valence-corrected chi connectivity index (χ3v) is 4.91. The van der Waals surface area contributed by atoms with Crippen LogP contribution in [0.2, 0.25) is 0 Å². The highest BCUT2D eigenvalue weighted by Crippen LogP contribution is 2.31. The molecule has 0 spiro atoms. The maximum absolute atomic E-state index is 13.1. The fourth-order valence-corrected chi connectivity index (χ4v) is 3.38. The Bertz CT molecular complexity index is 1290. The van der Waals surface area contributed by atoms with Crippen LogP contribution in [0.1, 0.15) is 21.6 Å². The van der Waals surface area contributed by atoms with Gasteiger partial charge in [-0.25, -0.2) is 0 Å². The van der Waals surface area contributed by atoms with Crippen LogP contribution in [0.15, 0.2) is 79.0 Å². The average molecular weight is 422 g/mol. The standard InChI is InChI=1S/C24H17F3N2O2/c1-15-8-10-16(11-9-15)20-14-19-7-2-3-12-29(19)21(20)22(30)23(31)28-18-6-4-5-17(13-18)24(25,26)27/h2-14H,1H3,(H,28,31). The number of aromatic nitrogens is 1. The Morgan fingerprint density at radius 3 is 2.35 bits per heavy atom. The highest BCUT2D eigenvalue weighted by atomic mass is 19.4. The number of alkyl halides is 3. The van der Waals surface area contributed by atoms with Crippen molar-refractivity contribution in [2.24, 2.45) is 0 Å². The van der Waals surface area contributed by atoms with Crippen molar-refractivity contribution in [3.8, 4) is 11.1 Å². The van der Waals surface area contributed by atoms with Gasteiger partial charge in [0.25, 0.3) is 11.7 Å². The van der Waals surface area contributed by atoms with E-state index in [9.17, 15) is 22.8 Å². The Kier molecular flexibility index (Phi) is 5.10. The van der Waals surface area contributed by atoms with Crippen LogP contribution in [0.4, 0.5) is 18.9 Å². The van der Waals surface area contributed by atoms with E-state index >= 15 is 0 Å². The smallest absolute Gasteiger partial charge is 0.319 e. The zero-order chi connectivity index (χ0) is 22.2. The molecule has 1 amide bonds. The van der Waals surface area contributed by atoms with Gasteiger partial charge in [-0.1, -0.05) is 42.0 Å². The molecule has 0 radical (unpaired) electrons. The SMILES string of the molecule is Cc1ccc(-c2cc3ccccn3c2C(=O)C(=O)Nc2cccc(C(F)(F)F)c2)cc1. The molecule has 0 fully saturated rings. The molecule has 2 heterocycles. The van der Waals surface area contributed by atoms with Gasteiger partial charge in [-0.15, -0.1) is 0 Å². The summed E-state index contributed by atoms with van der Waals surface area (Å²) in [7, 11) is 0. The Morgan fingerprint density at radius 2 is 1.65 bits per heavy atom. The predicted octanol–water partition coefficient (Wildman–Crippen LogP) is 5.75. The molecule has 0 aliphatic rings. The maximum atomic E-state index is 13.1. The van der Waals surface area contributed by atoms with Crippen molar-refractivity contribution in [3.05, 3.63) is 95.8 Å². The first-order valence-electron chi connectivity index (χ1n) is 9.44. The molecular weight excluding hydrogens is 405 g/mol. The van der Waals surface area contributed by atoms with E-state index < -0.39 is 23.4 Å². The molecule has 0 aliphatic heterocycles. The molecule has 0 unspecified atom stereocenters. The number of benzene rings is 2. The van der Waals surface area contributed by atoms with Gasteiger partial charge in [-0.2, -0.15) is 13.2 Å². The Balaban J connectivity index is 1.73. The van der Waals surface area contributed by atoms with Crippen molar-refractivity contribution < 1.29 is 22.8 Å². The van der Waals surface area contributed by atoms with Crippen molar-refractivity contribution >= 4 is 22.9 Å². The Labute approximate surface area is 175 Å². The van der Waals surface area contributed by atoms with E-state index in [1.807, 2.05) is 37.3 Å². The monoisotopic (exact) mass is 422 g/mol. The van der Waals surface area contributed by atoms with Crippen LogP contribution in [-0.4, -0.2) is 16.1 Å². The van der Waals surface area contributed by atoms with Gasteiger partial charge in [0, 0.05) is 23.0 Å². The first kappa shape index (κ1) is 20.4. The fraction of sp³-hybridized carbons (Fsp3) is 0.0833. The maximum Gasteiger partial charge on any atom is 0.416 e. The number of aryl methyl sites for hydroxylation is 1. The van der Waals surface area contributed by atoms with Gasteiger partial charge in [-0.3, -0.25) is 9.59 Å². The number of anilines is 1. The summed E-state index contributed by atoms with van der Waals surface area (Å²) in [6.45, 7) is 1.94. The van der Waals surface area contributed by atoms with Crippen molar-refractivity contribution in [1.29, 1.82) is 0 Å². The van der Waals surface area contributed by atoms with Gasteiger partial charge < -0.3 is 9.72 Å². The zero-order valence-electron chi connectivity index (χ0n) is 16.4. The minimum absolute atomic E-state index is 0.106. The third kappa shape index (κ3) is 4.07. The largest absolute Gasteiger partial charge is 0.416 e. The lowest BCUT2D eigenvalue weighted by Crippen LogP contribution is -2.24. The number of pyridine rings is 1. The Hall–Kier alpha value is -3.87. The normalized spacial score (nSPS) is 11.5. The molecule has 0 saturated heterocycles. The minimum Gasteiger partial charge on any atom is -0.319 e. The molecule has 0 saturated carbocycles. The molecule has 2 aromatic heterocycles. The first-order chi connectivity index (χ1) is 14.7. The second-order valence-corrected chi connectivity index (χ2v) is 7.13. The minimum atomic E-state index is -4.55. The number of rotatable bonds is 4. The van der Waals surface area contributed by atoms with Gasteiger partial charge in [-0.05, 0) is 48.9 Å². The summed E-state index contributed by atoms with van der Waals surface area (Å²) in [6, 6.07) is 18.8. The number of amides is 1. The lowest BCUT2D eigenvalue weighted by molar-refractivity contribution is -0.137. The van der Waals surface area contributed by atoms with E-state index in [1.165, 1.54) is 12.1 Å². The molecule has 0 aliphatic carbocycles. The average Bonchev–Trinajstić information content (AvgIpc) is 3.12. The number of nitrogens with one attached hydrogen (secondary N) is 1. The van der Waals surface area contributed by atoms with E-state index in [1.54, 1.807) is 28.8 Å². The quantitative estimate of drug-likeness (QED) is 0.336. The van der Waals surface area contributed by atoms with E-state index in [2.05, 4.69) is 5.32 Å². The van der Waals surface area contributed by atoms with Gasteiger partial charge in [0.15, 0.2) is 0 Å². The molecule has 4 aromatic rings. The zero-order valence-corrected chi connectivity index (χ0v) is 16.4. The number of Topliss-reactive ketones (excluding diaryl/α,β-unsaturated/α-hetero) is 1. The lowest BCUT2D eigenvalue weighted by atomic mass is 10.0. The molecule has 4 rings (SSSR count). The number of hydrogen-bond donors (Lipinski definition) is 1. The molecule has 156 valence electrons. The van der Waals surface area contributed by atoms with Crippen molar-refractivity contribution in [2.75, 3.05) is 5.32 Å². The van der Waals surface area contributed by atoms with Crippen molar-refractivity contribution in [2.45, 2.75) is 13.1 Å². The van der Waals surface area contributed by atoms with Crippen LogP contribution in [0, 0.1) is 6.92 Å². The second kappa shape index (κ2) is 7.75. The predicted molar refractivity (Wildman–Crippen MR) is 112 cm³/mol. The Morgan fingerprint density at radius 1 is 0.903 bits per heavy atom. The van der Waals surface area contributed by atoms with E-state index in [0.29, 0.717) is 11.1 Å². The number of hydrogen-bond acceptors (Lipinski definition) is 2. The highest BCUT2D eigenvalue weighted by Gasteiger charge is 2.31. The van der Waals surface area contributed by atoms with Crippen LogP contribution in [-0.2, 0) is 11.0 Å². The number of fused-ring (bicyclic) bond motifs is 1. The highest BCUT2D eigenvalue weighted by molar-refractivity contribution is 6.47. The summed E-state index contributed by atoms with van der Waals surface area (Å²) >= 11 is 0. The summed E-state index contributed by atoms with van der Waals surface area (Å²) in [5.74, 6) is -1.87. The summed E-state index contributed by atoms with van der Waals surface area (Å²) in [4.78, 5) is 25.8. The van der Waals surface area contributed by atoms with Crippen LogP contribution in [0.25, 0.3) is 16.6 Å². The molecule has 1 N–H and O–H groups in total. The summed E-state index contributed by atoms with van der Waals surface area (Å²) in [6.07, 6.45) is -2.89. The van der Waals surface area contributed by atoms with E-state index in [4.69, 9.17) is 0 Å². The summed E-state index contributed by atoms with van der Waals surface area (Å²) < 4.78 is 40.4. The first-order valence-corrected chi connectivity index (χ1v) is 9.44. The number of nitrogens with zero attached hydrogens (tertiary/aromatic N) is 1. The summed E-state index contributed by atoms with van der Waals surface area (Å²) in [5.41, 5.74) is 2.21. The molecule has 0 atom stereocenters. The second-order valence-electron chi connectivity index (χ2n) is 7.13. The number of carbonyl (C=O) groups is 2. The van der Waals surface area contributed by atoms with Crippen LogP contribution in [0.5, 0.6) is 0 Å². The van der Waals surface area contributed by atoms with Crippen molar-refractivity contribution in [3.63, 3.8) is 0 Å². The molecule has 0 bridgehead atoms. The lowest BCUT2D eigenvalue weighted by Gasteiger charge is -2.10. The third-order valence-electron chi connectivity index (χ3n) is 4.91. The van der Waals surface area contributed by atoms with Crippen LogP contribution >= 0.6 is 0 Å². The molecule has 4 nitrogen and oxygen atoms in total. The van der Waals surface area contributed by atoms with Crippen LogP contribution < -0.4 is 5.32 Å². The topological polar surface area (TPSA) is 50.6 Å². The number of carbonyl (C=O) groups excluding carboxylic acids is 2. The van der Waals surface area contributed by atoms with E-state index in [0.717, 1.165) is 23.3 Å². The molecular formula is C24H17F3N2O2. The van der Waals surface area contributed by atoms with Gasteiger partial charge in [0.2, 0.25) is 0 Å². The summed E-state index contributed by atoms with van der Waals surface area (Å²) in [5, 5.41) is 2.29. The number of halogens is 3. The van der Waals surface area contributed by atoms with Gasteiger partial charge >= 0.3 is 6.18 Å². The van der Waals surface area contributed by atoms with Gasteiger partial charge in [0.1, 0.15) is 5.69 Å². The van der Waals surface area contributed by atoms with Crippen molar-refractivity contribution in [1.82, 2.24) is 4.40 Å². The van der Waals surface area contributed by atoms with Gasteiger partial charge in [0.05, 0.1) is 5.56 Å². The number of ketones is 1. The molecule has 2 aromatic carbocycles. The van der Waals surface area contributed by atoms with E-state index in [-0.39, 0.29) is 11.4 Å². The molecule has 31 heavy (non-hydrogen) atoms. The van der Waals surface area contributed by atoms with Crippen LogP contribution in [0.3, 0.4) is 0 Å².